The minimum atomic E-state index is -4.35. The lowest BCUT2D eigenvalue weighted by atomic mass is 9.86. The standard InChI is InChI=1S/C15H17F3O/c1-14(2)8-7-11(13(14)19)9-10-5-3-4-6-12(10)15(16,17)18/h3-6,11H,7-9H2,1-2H3. The topological polar surface area (TPSA) is 17.1 Å². The number of alkyl halides is 3. The van der Waals surface area contributed by atoms with Crippen LogP contribution in [0.2, 0.25) is 0 Å². The zero-order valence-corrected chi connectivity index (χ0v) is 11.1. The molecule has 0 heterocycles. The molecule has 0 aliphatic heterocycles. The van der Waals surface area contributed by atoms with Crippen molar-refractivity contribution in [3.63, 3.8) is 0 Å². The molecule has 1 aliphatic carbocycles. The first kappa shape index (κ1) is 14.1. The van der Waals surface area contributed by atoms with E-state index in [1.54, 1.807) is 6.07 Å². The Hall–Kier alpha value is -1.32. The van der Waals surface area contributed by atoms with E-state index in [1.807, 2.05) is 13.8 Å². The summed E-state index contributed by atoms with van der Waals surface area (Å²) in [6.45, 7) is 3.73. The fourth-order valence-corrected chi connectivity index (χ4v) is 2.78. The lowest BCUT2D eigenvalue weighted by Gasteiger charge is -2.18. The highest BCUT2D eigenvalue weighted by Crippen LogP contribution is 2.40. The molecule has 0 amide bonds. The van der Waals surface area contributed by atoms with Gasteiger partial charge in [-0.1, -0.05) is 32.0 Å². The third kappa shape index (κ3) is 2.82. The van der Waals surface area contributed by atoms with E-state index < -0.39 is 17.2 Å². The molecule has 2 rings (SSSR count). The van der Waals surface area contributed by atoms with Gasteiger partial charge < -0.3 is 0 Å². The number of hydrogen-bond acceptors (Lipinski definition) is 1. The highest BCUT2D eigenvalue weighted by molar-refractivity contribution is 5.88. The second-order valence-corrected chi connectivity index (χ2v) is 5.84. The van der Waals surface area contributed by atoms with E-state index >= 15 is 0 Å². The van der Waals surface area contributed by atoms with Gasteiger partial charge in [-0.25, -0.2) is 0 Å². The maximum absolute atomic E-state index is 12.9. The number of halogens is 3. The minimum absolute atomic E-state index is 0.0875. The molecule has 1 saturated carbocycles. The molecule has 0 saturated heterocycles. The van der Waals surface area contributed by atoms with Gasteiger partial charge in [0.25, 0.3) is 0 Å². The first-order valence-corrected chi connectivity index (χ1v) is 6.41. The van der Waals surface area contributed by atoms with Crippen LogP contribution in [0.4, 0.5) is 13.2 Å². The molecule has 0 bridgehead atoms. The van der Waals surface area contributed by atoms with Crippen LogP contribution in [0, 0.1) is 11.3 Å². The van der Waals surface area contributed by atoms with Gasteiger partial charge in [0.15, 0.2) is 0 Å². The van der Waals surface area contributed by atoms with Crippen LogP contribution in [-0.4, -0.2) is 5.78 Å². The molecule has 19 heavy (non-hydrogen) atoms. The van der Waals surface area contributed by atoms with Gasteiger partial charge in [-0.05, 0) is 30.9 Å². The summed E-state index contributed by atoms with van der Waals surface area (Å²) in [5.74, 6) is -0.192. The summed E-state index contributed by atoms with van der Waals surface area (Å²) >= 11 is 0. The SMILES string of the molecule is CC1(C)CCC(Cc2ccccc2C(F)(F)F)C1=O. The molecule has 0 aromatic heterocycles. The predicted octanol–water partition coefficient (Wildman–Crippen LogP) is 4.25. The van der Waals surface area contributed by atoms with Crippen LogP contribution in [0.5, 0.6) is 0 Å². The van der Waals surface area contributed by atoms with Crippen molar-refractivity contribution in [1.29, 1.82) is 0 Å². The Bertz CT molecular complexity index is 488. The molecule has 1 aromatic carbocycles. The number of carbonyl (C=O) groups excluding carboxylic acids is 1. The summed E-state index contributed by atoms with van der Waals surface area (Å²) in [6, 6.07) is 5.53. The van der Waals surface area contributed by atoms with Crippen LogP contribution < -0.4 is 0 Å². The normalized spacial score (nSPS) is 22.8. The van der Waals surface area contributed by atoms with Crippen molar-refractivity contribution in [1.82, 2.24) is 0 Å². The first-order chi connectivity index (χ1) is 8.72. The quantitative estimate of drug-likeness (QED) is 0.785. The molecule has 4 heteroatoms. The second kappa shape index (κ2) is 4.66. The third-order valence-electron chi connectivity index (χ3n) is 3.94. The van der Waals surface area contributed by atoms with Crippen LogP contribution in [0.3, 0.4) is 0 Å². The van der Waals surface area contributed by atoms with Gasteiger partial charge >= 0.3 is 6.18 Å². The van der Waals surface area contributed by atoms with E-state index in [0.29, 0.717) is 6.42 Å². The van der Waals surface area contributed by atoms with Crippen molar-refractivity contribution < 1.29 is 18.0 Å². The smallest absolute Gasteiger partial charge is 0.299 e. The highest BCUT2D eigenvalue weighted by atomic mass is 19.4. The molecule has 1 aliphatic rings. The monoisotopic (exact) mass is 270 g/mol. The van der Waals surface area contributed by atoms with Crippen molar-refractivity contribution in [2.75, 3.05) is 0 Å². The highest BCUT2D eigenvalue weighted by Gasteiger charge is 2.41. The molecule has 0 N–H and O–H groups in total. The Kier molecular flexibility index (Phi) is 3.45. The Balaban J connectivity index is 2.24. The third-order valence-corrected chi connectivity index (χ3v) is 3.94. The number of hydrogen-bond donors (Lipinski definition) is 0. The van der Waals surface area contributed by atoms with Crippen LogP contribution in [0.25, 0.3) is 0 Å². The maximum atomic E-state index is 12.9. The molecule has 0 radical (unpaired) electrons. The molecular formula is C15H17F3O. The van der Waals surface area contributed by atoms with Gasteiger partial charge in [-0.3, -0.25) is 4.79 Å². The number of Topliss-reactive ketones (excluding diaryl/α,β-unsaturated/α-hetero) is 1. The van der Waals surface area contributed by atoms with Gasteiger partial charge in [-0.2, -0.15) is 13.2 Å². The predicted molar refractivity (Wildman–Crippen MR) is 66.7 cm³/mol. The Morgan fingerprint density at radius 1 is 1.26 bits per heavy atom. The van der Waals surface area contributed by atoms with Crippen molar-refractivity contribution in [3.05, 3.63) is 35.4 Å². The molecular weight excluding hydrogens is 253 g/mol. The average Bonchev–Trinajstić information content (AvgIpc) is 2.56. The molecule has 0 spiro atoms. The summed E-state index contributed by atoms with van der Waals surface area (Å²) in [5.41, 5.74) is -0.781. The van der Waals surface area contributed by atoms with Crippen molar-refractivity contribution in [2.24, 2.45) is 11.3 Å². The van der Waals surface area contributed by atoms with Crippen molar-refractivity contribution >= 4 is 5.78 Å². The first-order valence-electron chi connectivity index (χ1n) is 6.41. The summed E-state index contributed by atoms with van der Waals surface area (Å²) in [7, 11) is 0. The number of carbonyl (C=O) groups is 1. The zero-order chi connectivity index (χ0) is 14.3. The van der Waals surface area contributed by atoms with E-state index in [1.165, 1.54) is 12.1 Å². The summed E-state index contributed by atoms with van der Waals surface area (Å²) in [4.78, 5) is 12.1. The molecule has 1 unspecified atom stereocenters. The van der Waals surface area contributed by atoms with E-state index in [2.05, 4.69) is 0 Å². The van der Waals surface area contributed by atoms with E-state index in [0.717, 1.165) is 12.5 Å². The summed E-state index contributed by atoms with van der Waals surface area (Å²) < 4.78 is 38.7. The lowest BCUT2D eigenvalue weighted by molar-refractivity contribution is -0.138. The zero-order valence-electron chi connectivity index (χ0n) is 11.1. The van der Waals surface area contributed by atoms with Crippen LogP contribution in [0.15, 0.2) is 24.3 Å². The number of benzene rings is 1. The fraction of sp³-hybridized carbons (Fsp3) is 0.533. The van der Waals surface area contributed by atoms with E-state index in [9.17, 15) is 18.0 Å². The van der Waals surface area contributed by atoms with Crippen LogP contribution in [-0.2, 0) is 17.4 Å². The van der Waals surface area contributed by atoms with E-state index in [-0.39, 0.29) is 23.7 Å². The van der Waals surface area contributed by atoms with Crippen LogP contribution in [0.1, 0.15) is 37.8 Å². The fourth-order valence-electron chi connectivity index (χ4n) is 2.78. The van der Waals surface area contributed by atoms with Crippen molar-refractivity contribution in [3.8, 4) is 0 Å². The Morgan fingerprint density at radius 2 is 1.89 bits per heavy atom. The molecule has 1 aromatic rings. The van der Waals surface area contributed by atoms with Gasteiger partial charge in [-0.15, -0.1) is 0 Å². The van der Waals surface area contributed by atoms with Gasteiger partial charge in [0, 0.05) is 11.3 Å². The molecule has 1 fully saturated rings. The maximum Gasteiger partial charge on any atom is 0.416 e. The van der Waals surface area contributed by atoms with E-state index in [4.69, 9.17) is 0 Å². The average molecular weight is 270 g/mol. The summed E-state index contributed by atoms with van der Waals surface area (Å²) in [5, 5.41) is 0. The molecule has 1 nitrogen and oxygen atoms in total. The largest absolute Gasteiger partial charge is 0.416 e. The second-order valence-electron chi connectivity index (χ2n) is 5.84. The van der Waals surface area contributed by atoms with Gasteiger partial charge in [0.1, 0.15) is 5.78 Å². The van der Waals surface area contributed by atoms with Crippen molar-refractivity contribution in [2.45, 2.75) is 39.3 Å². The summed E-state index contributed by atoms with van der Waals surface area (Å²) in [6.07, 6.45) is -2.73. The van der Waals surface area contributed by atoms with Gasteiger partial charge in [0.2, 0.25) is 0 Å². The van der Waals surface area contributed by atoms with Gasteiger partial charge in [0.05, 0.1) is 5.56 Å². The molecule has 104 valence electrons. The lowest BCUT2D eigenvalue weighted by Crippen LogP contribution is -2.23. The Morgan fingerprint density at radius 3 is 2.42 bits per heavy atom. The minimum Gasteiger partial charge on any atom is -0.299 e. The number of rotatable bonds is 2. The molecule has 1 atom stereocenters. The Labute approximate surface area is 110 Å². The van der Waals surface area contributed by atoms with Crippen LogP contribution >= 0.6 is 0 Å². The number of ketones is 1.